The molecule has 0 aromatic heterocycles. The molecule has 0 radical (unpaired) electrons. The molecule has 5 nitrogen and oxygen atoms in total. The summed E-state index contributed by atoms with van der Waals surface area (Å²) < 4.78 is 22.7. The van der Waals surface area contributed by atoms with Gasteiger partial charge in [0.2, 0.25) is 0 Å². The maximum absolute atomic E-state index is 12.7. The van der Waals surface area contributed by atoms with Crippen LogP contribution in [-0.4, -0.2) is 25.1 Å². The molecule has 1 amide bonds. The number of hydrogen-bond donors (Lipinski definition) is 1. The van der Waals surface area contributed by atoms with Crippen molar-refractivity contribution in [2.45, 2.75) is 13.0 Å². The third-order valence-electron chi connectivity index (χ3n) is 3.28. The third kappa shape index (κ3) is 6.43. The van der Waals surface area contributed by atoms with E-state index in [0.29, 0.717) is 10.8 Å². The van der Waals surface area contributed by atoms with Crippen LogP contribution in [0.5, 0.6) is 5.75 Å². The van der Waals surface area contributed by atoms with E-state index >= 15 is 0 Å². The largest absolute Gasteiger partial charge is 0.482 e. The van der Waals surface area contributed by atoms with Crippen molar-refractivity contribution in [3.63, 3.8) is 0 Å². The molecule has 0 bridgehead atoms. The van der Waals surface area contributed by atoms with Gasteiger partial charge in [0.25, 0.3) is 5.91 Å². The Labute approximate surface area is 149 Å². The SMILES string of the molecule is C[C@H](NC(=O)COC(=O)COc1ccc(F)cc1)c1ccc(Cl)cc1. The Kier molecular flexibility index (Phi) is 6.77. The Morgan fingerprint density at radius 3 is 2.36 bits per heavy atom. The molecule has 2 aromatic rings. The summed E-state index contributed by atoms with van der Waals surface area (Å²) in [6.07, 6.45) is 0. The topological polar surface area (TPSA) is 64.6 Å². The maximum Gasteiger partial charge on any atom is 0.344 e. The molecular formula is C18H17ClFNO4. The minimum atomic E-state index is -0.696. The van der Waals surface area contributed by atoms with E-state index in [1.165, 1.54) is 24.3 Å². The van der Waals surface area contributed by atoms with Gasteiger partial charge in [0, 0.05) is 5.02 Å². The third-order valence-corrected chi connectivity index (χ3v) is 3.53. The molecule has 0 saturated carbocycles. The summed E-state index contributed by atoms with van der Waals surface area (Å²) in [6, 6.07) is 12.0. The lowest BCUT2D eigenvalue weighted by molar-refractivity contribution is -0.150. The molecule has 0 aliphatic carbocycles. The Morgan fingerprint density at radius 1 is 1.08 bits per heavy atom. The number of amides is 1. The number of rotatable bonds is 7. The standard InChI is InChI=1S/C18H17ClFNO4/c1-12(13-2-4-14(19)5-3-13)21-17(22)10-25-18(23)11-24-16-8-6-15(20)7-9-16/h2-9,12H,10-11H2,1H3,(H,21,22)/t12-/m0/s1. The zero-order valence-corrected chi connectivity index (χ0v) is 14.3. The minimum absolute atomic E-state index is 0.251. The van der Waals surface area contributed by atoms with Crippen molar-refractivity contribution in [2.24, 2.45) is 0 Å². The molecule has 25 heavy (non-hydrogen) atoms. The predicted octanol–water partition coefficient (Wildman–Crippen LogP) is 3.28. The molecule has 2 aromatic carbocycles. The number of carbonyl (C=O) groups excluding carboxylic acids is 2. The Balaban J connectivity index is 1.70. The first-order chi connectivity index (χ1) is 11.9. The summed E-state index contributed by atoms with van der Waals surface area (Å²) in [4.78, 5) is 23.4. The molecule has 2 rings (SSSR count). The van der Waals surface area contributed by atoms with Crippen LogP contribution in [0.15, 0.2) is 48.5 Å². The van der Waals surface area contributed by atoms with Crippen molar-refractivity contribution in [2.75, 3.05) is 13.2 Å². The fraction of sp³-hybridized carbons (Fsp3) is 0.222. The van der Waals surface area contributed by atoms with Gasteiger partial charge in [0.05, 0.1) is 6.04 Å². The van der Waals surface area contributed by atoms with Crippen LogP contribution >= 0.6 is 11.6 Å². The van der Waals surface area contributed by atoms with Crippen LogP contribution in [0.1, 0.15) is 18.5 Å². The highest BCUT2D eigenvalue weighted by Gasteiger charge is 2.12. The molecule has 0 spiro atoms. The highest BCUT2D eigenvalue weighted by atomic mass is 35.5. The van der Waals surface area contributed by atoms with Gasteiger partial charge in [-0.2, -0.15) is 0 Å². The zero-order chi connectivity index (χ0) is 18.2. The molecule has 0 saturated heterocycles. The van der Waals surface area contributed by atoms with Gasteiger partial charge in [-0.15, -0.1) is 0 Å². The van der Waals surface area contributed by atoms with Gasteiger partial charge in [-0.25, -0.2) is 9.18 Å². The van der Waals surface area contributed by atoms with E-state index in [-0.39, 0.29) is 12.6 Å². The second kappa shape index (κ2) is 9.03. The van der Waals surface area contributed by atoms with Crippen molar-refractivity contribution in [1.82, 2.24) is 5.32 Å². The predicted molar refractivity (Wildman–Crippen MR) is 90.9 cm³/mol. The van der Waals surface area contributed by atoms with Gasteiger partial charge in [0.1, 0.15) is 11.6 Å². The molecule has 1 N–H and O–H groups in total. The number of halogens is 2. The monoisotopic (exact) mass is 365 g/mol. The number of hydrogen-bond acceptors (Lipinski definition) is 4. The first-order valence-electron chi connectivity index (χ1n) is 7.53. The highest BCUT2D eigenvalue weighted by Crippen LogP contribution is 2.16. The van der Waals surface area contributed by atoms with Crippen molar-refractivity contribution >= 4 is 23.5 Å². The maximum atomic E-state index is 12.7. The van der Waals surface area contributed by atoms with Crippen LogP contribution in [0.3, 0.4) is 0 Å². The summed E-state index contributed by atoms with van der Waals surface area (Å²) in [5.74, 6) is -1.20. The van der Waals surface area contributed by atoms with Gasteiger partial charge in [-0.1, -0.05) is 23.7 Å². The first kappa shape index (κ1) is 18.7. The molecule has 0 aliphatic rings. The van der Waals surface area contributed by atoms with Gasteiger partial charge >= 0.3 is 5.97 Å². The van der Waals surface area contributed by atoms with Crippen molar-refractivity contribution in [1.29, 1.82) is 0 Å². The average Bonchev–Trinajstić information content (AvgIpc) is 2.60. The number of carbonyl (C=O) groups is 2. The first-order valence-corrected chi connectivity index (χ1v) is 7.90. The fourth-order valence-corrected chi connectivity index (χ4v) is 2.10. The van der Waals surface area contributed by atoms with Crippen molar-refractivity contribution < 1.29 is 23.5 Å². The van der Waals surface area contributed by atoms with E-state index in [1.54, 1.807) is 31.2 Å². The lowest BCUT2D eigenvalue weighted by atomic mass is 10.1. The molecule has 0 aliphatic heterocycles. The molecule has 0 unspecified atom stereocenters. The Morgan fingerprint density at radius 2 is 1.72 bits per heavy atom. The van der Waals surface area contributed by atoms with Crippen LogP contribution < -0.4 is 10.1 Å². The summed E-state index contributed by atoms with van der Waals surface area (Å²) >= 11 is 5.81. The van der Waals surface area contributed by atoms with Gasteiger partial charge in [0.15, 0.2) is 13.2 Å². The summed E-state index contributed by atoms with van der Waals surface area (Å²) in [5.41, 5.74) is 0.878. The van der Waals surface area contributed by atoms with E-state index in [2.05, 4.69) is 5.32 Å². The summed E-state index contributed by atoms with van der Waals surface area (Å²) in [7, 11) is 0. The van der Waals surface area contributed by atoms with Gasteiger partial charge < -0.3 is 14.8 Å². The lowest BCUT2D eigenvalue weighted by Gasteiger charge is -2.14. The lowest BCUT2D eigenvalue weighted by Crippen LogP contribution is -2.31. The Hall–Kier alpha value is -2.60. The second-order valence-electron chi connectivity index (χ2n) is 5.24. The number of benzene rings is 2. The van der Waals surface area contributed by atoms with Crippen LogP contribution in [0.2, 0.25) is 5.02 Å². The van der Waals surface area contributed by atoms with Crippen LogP contribution in [0, 0.1) is 5.82 Å². The van der Waals surface area contributed by atoms with E-state index in [4.69, 9.17) is 21.1 Å². The fourth-order valence-electron chi connectivity index (χ4n) is 1.98. The van der Waals surface area contributed by atoms with Crippen LogP contribution in [-0.2, 0) is 14.3 Å². The van der Waals surface area contributed by atoms with Crippen LogP contribution in [0.4, 0.5) is 4.39 Å². The molecule has 132 valence electrons. The van der Waals surface area contributed by atoms with Crippen molar-refractivity contribution in [3.8, 4) is 5.75 Å². The Bertz CT molecular complexity index is 719. The molecule has 7 heteroatoms. The molecule has 0 heterocycles. The molecule has 1 atom stereocenters. The molecule has 0 fully saturated rings. The molecular weight excluding hydrogens is 349 g/mol. The zero-order valence-electron chi connectivity index (χ0n) is 13.5. The minimum Gasteiger partial charge on any atom is -0.482 e. The smallest absolute Gasteiger partial charge is 0.344 e. The van der Waals surface area contributed by atoms with Crippen LogP contribution in [0.25, 0.3) is 0 Å². The second-order valence-corrected chi connectivity index (χ2v) is 5.68. The summed E-state index contributed by atoms with van der Waals surface area (Å²) in [6.45, 7) is 1.02. The number of nitrogens with one attached hydrogen (secondary N) is 1. The average molecular weight is 366 g/mol. The number of ether oxygens (including phenoxy) is 2. The highest BCUT2D eigenvalue weighted by molar-refractivity contribution is 6.30. The normalized spacial score (nSPS) is 11.5. The van der Waals surface area contributed by atoms with Crippen molar-refractivity contribution in [3.05, 3.63) is 64.9 Å². The van der Waals surface area contributed by atoms with Gasteiger partial charge in [-0.05, 0) is 48.9 Å². The quantitative estimate of drug-likeness (QED) is 0.765. The van der Waals surface area contributed by atoms with E-state index in [0.717, 1.165) is 5.56 Å². The van der Waals surface area contributed by atoms with E-state index < -0.39 is 24.3 Å². The van der Waals surface area contributed by atoms with E-state index in [1.807, 2.05) is 0 Å². The summed E-state index contributed by atoms with van der Waals surface area (Å²) in [5, 5.41) is 3.32. The van der Waals surface area contributed by atoms with E-state index in [9.17, 15) is 14.0 Å². The number of esters is 1. The van der Waals surface area contributed by atoms with Gasteiger partial charge in [-0.3, -0.25) is 4.79 Å².